The van der Waals surface area contributed by atoms with E-state index < -0.39 is 5.97 Å². The Balaban J connectivity index is 1.78. The molecule has 0 heterocycles. The summed E-state index contributed by atoms with van der Waals surface area (Å²) in [5, 5.41) is 8.87. The molecule has 0 radical (unpaired) electrons. The maximum absolute atomic E-state index is 10.8. The van der Waals surface area contributed by atoms with E-state index in [2.05, 4.69) is 6.92 Å². The van der Waals surface area contributed by atoms with Crippen LogP contribution < -0.4 is 0 Å². The number of aliphatic carboxylic acids is 1. The van der Waals surface area contributed by atoms with Crippen LogP contribution in [0.3, 0.4) is 0 Å². The van der Waals surface area contributed by atoms with Gasteiger partial charge < -0.3 is 5.11 Å². The van der Waals surface area contributed by atoms with E-state index in [4.69, 9.17) is 5.11 Å². The average Bonchev–Trinajstić information content (AvgIpc) is 3.19. The zero-order valence-electron chi connectivity index (χ0n) is 13.9. The van der Waals surface area contributed by atoms with Crippen LogP contribution in [0, 0.1) is 5.41 Å². The van der Waals surface area contributed by atoms with E-state index in [1.165, 1.54) is 70.0 Å². The zero-order chi connectivity index (χ0) is 15.4. The fourth-order valence-corrected chi connectivity index (χ4v) is 4.23. The molecule has 0 saturated heterocycles. The molecule has 0 aliphatic heterocycles. The Hall–Kier alpha value is -0.180. The number of carboxylic acids is 1. The van der Waals surface area contributed by atoms with Gasteiger partial charge in [0.25, 0.3) is 0 Å². The maximum atomic E-state index is 10.8. The summed E-state index contributed by atoms with van der Waals surface area (Å²) in [6.07, 6.45) is 16.5. The second kappa shape index (κ2) is 11.4. The summed E-state index contributed by atoms with van der Waals surface area (Å²) in [6, 6.07) is 0. The number of rotatable bonds is 15. The third-order valence-electron chi connectivity index (χ3n) is 4.53. The van der Waals surface area contributed by atoms with Gasteiger partial charge in [-0.15, -0.1) is 0 Å². The van der Waals surface area contributed by atoms with Crippen molar-refractivity contribution in [3.05, 3.63) is 0 Å². The summed E-state index contributed by atoms with van der Waals surface area (Å²) < 4.78 is 0. The van der Waals surface area contributed by atoms with Crippen LogP contribution in [0.15, 0.2) is 0 Å². The molecule has 0 aromatic rings. The van der Waals surface area contributed by atoms with Crippen molar-refractivity contribution in [2.24, 2.45) is 5.41 Å². The standard InChI is InChI=1S/C18H34O2S/c1-2-3-4-5-6-7-8-9-10-11-14-21-16-18(12-13-18)15-17(19)20/h2-16H2,1H3,(H,19,20). The summed E-state index contributed by atoms with van der Waals surface area (Å²) in [5.74, 6) is 1.67. The Bertz CT molecular complexity index is 274. The van der Waals surface area contributed by atoms with Crippen molar-refractivity contribution in [2.45, 2.75) is 90.4 Å². The Morgan fingerprint density at radius 2 is 1.48 bits per heavy atom. The topological polar surface area (TPSA) is 37.3 Å². The fourth-order valence-electron chi connectivity index (χ4n) is 2.85. The highest BCUT2D eigenvalue weighted by Gasteiger charge is 2.43. The van der Waals surface area contributed by atoms with Crippen molar-refractivity contribution in [3.8, 4) is 0 Å². The molecule has 21 heavy (non-hydrogen) atoms. The first-order chi connectivity index (χ1) is 10.2. The smallest absolute Gasteiger partial charge is 0.303 e. The minimum atomic E-state index is -0.618. The van der Waals surface area contributed by atoms with E-state index >= 15 is 0 Å². The van der Waals surface area contributed by atoms with Gasteiger partial charge in [-0.25, -0.2) is 0 Å². The van der Waals surface area contributed by atoms with E-state index in [9.17, 15) is 4.79 Å². The predicted molar refractivity (Wildman–Crippen MR) is 93.1 cm³/mol. The van der Waals surface area contributed by atoms with E-state index in [1.807, 2.05) is 11.8 Å². The minimum absolute atomic E-state index is 0.176. The van der Waals surface area contributed by atoms with Crippen LogP contribution in [-0.4, -0.2) is 22.6 Å². The molecule has 1 rings (SSSR count). The van der Waals surface area contributed by atoms with Crippen LogP contribution in [0.2, 0.25) is 0 Å². The highest BCUT2D eigenvalue weighted by atomic mass is 32.2. The number of carboxylic acid groups (broad SMARTS) is 1. The quantitative estimate of drug-likeness (QED) is 0.383. The fraction of sp³-hybridized carbons (Fsp3) is 0.944. The van der Waals surface area contributed by atoms with Gasteiger partial charge in [0.05, 0.1) is 6.42 Å². The lowest BCUT2D eigenvalue weighted by Crippen LogP contribution is -2.11. The van der Waals surface area contributed by atoms with Crippen LogP contribution in [0.1, 0.15) is 90.4 Å². The molecule has 0 bridgehead atoms. The molecular weight excluding hydrogens is 280 g/mol. The lowest BCUT2D eigenvalue weighted by Gasteiger charge is -2.11. The molecule has 0 aromatic heterocycles. The van der Waals surface area contributed by atoms with Gasteiger partial charge >= 0.3 is 5.97 Å². The molecule has 2 nitrogen and oxygen atoms in total. The molecular formula is C18H34O2S. The number of carbonyl (C=O) groups is 1. The first kappa shape index (κ1) is 18.9. The number of unbranched alkanes of at least 4 members (excludes halogenated alkanes) is 9. The molecule has 1 aliphatic carbocycles. The van der Waals surface area contributed by atoms with Gasteiger partial charge in [0, 0.05) is 0 Å². The Morgan fingerprint density at radius 3 is 1.95 bits per heavy atom. The van der Waals surface area contributed by atoms with Gasteiger partial charge in [0.1, 0.15) is 0 Å². The number of thioether (sulfide) groups is 1. The number of hydrogen-bond donors (Lipinski definition) is 1. The van der Waals surface area contributed by atoms with Gasteiger partial charge in [-0.2, -0.15) is 11.8 Å². The highest BCUT2D eigenvalue weighted by molar-refractivity contribution is 7.99. The normalized spacial score (nSPS) is 16.0. The molecule has 124 valence electrons. The second-order valence-corrected chi connectivity index (χ2v) is 7.91. The summed E-state index contributed by atoms with van der Waals surface area (Å²) in [7, 11) is 0. The van der Waals surface area contributed by atoms with Gasteiger partial charge in [0.15, 0.2) is 0 Å². The van der Waals surface area contributed by atoms with Crippen molar-refractivity contribution >= 4 is 17.7 Å². The first-order valence-corrected chi connectivity index (χ1v) is 10.1. The molecule has 3 heteroatoms. The van der Waals surface area contributed by atoms with Crippen molar-refractivity contribution in [2.75, 3.05) is 11.5 Å². The molecule has 0 spiro atoms. The zero-order valence-corrected chi connectivity index (χ0v) is 14.7. The second-order valence-electron chi connectivity index (χ2n) is 6.81. The SMILES string of the molecule is CCCCCCCCCCCCSCC1(CC(=O)O)CC1. The Kier molecular flexibility index (Phi) is 10.2. The minimum Gasteiger partial charge on any atom is -0.481 e. The molecule has 1 aliphatic rings. The van der Waals surface area contributed by atoms with Crippen molar-refractivity contribution < 1.29 is 9.90 Å². The predicted octanol–water partition coefficient (Wildman–Crippen LogP) is 5.90. The van der Waals surface area contributed by atoms with E-state index in [1.54, 1.807) is 0 Å². The van der Waals surface area contributed by atoms with Crippen LogP contribution in [0.4, 0.5) is 0 Å². The third kappa shape index (κ3) is 10.2. The first-order valence-electron chi connectivity index (χ1n) is 8.98. The molecule has 0 unspecified atom stereocenters. The van der Waals surface area contributed by atoms with Crippen molar-refractivity contribution in [1.29, 1.82) is 0 Å². The third-order valence-corrected chi connectivity index (χ3v) is 5.93. The van der Waals surface area contributed by atoms with Gasteiger partial charge in [-0.05, 0) is 36.2 Å². The molecule has 1 saturated carbocycles. The van der Waals surface area contributed by atoms with Crippen LogP contribution >= 0.6 is 11.8 Å². The van der Waals surface area contributed by atoms with Crippen molar-refractivity contribution in [1.82, 2.24) is 0 Å². The van der Waals surface area contributed by atoms with Crippen molar-refractivity contribution in [3.63, 3.8) is 0 Å². The van der Waals surface area contributed by atoms with E-state index in [0.29, 0.717) is 6.42 Å². The highest BCUT2D eigenvalue weighted by Crippen LogP contribution is 2.51. The van der Waals surface area contributed by atoms with E-state index in [-0.39, 0.29) is 5.41 Å². The number of hydrogen-bond acceptors (Lipinski definition) is 2. The summed E-state index contributed by atoms with van der Waals surface area (Å²) >= 11 is 1.98. The molecule has 1 fully saturated rings. The summed E-state index contributed by atoms with van der Waals surface area (Å²) in [6.45, 7) is 2.27. The summed E-state index contributed by atoms with van der Waals surface area (Å²) in [5.41, 5.74) is 0.176. The largest absolute Gasteiger partial charge is 0.481 e. The van der Waals surface area contributed by atoms with Crippen LogP contribution in [0.25, 0.3) is 0 Å². The lowest BCUT2D eigenvalue weighted by atomic mass is 10.1. The van der Waals surface area contributed by atoms with Gasteiger partial charge in [-0.3, -0.25) is 4.79 Å². The molecule has 0 amide bonds. The monoisotopic (exact) mass is 314 g/mol. The molecule has 0 atom stereocenters. The van der Waals surface area contributed by atoms with E-state index in [0.717, 1.165) is 18.6 Å². The summed E-state index contributed by atoms with van der Waals surface area (Å²) in [4.78, 5) is 10.8. The Labute approximate surface area is 135 Å². The lowest BCUT2D eigenvalue weighted by molar-refractivity contribution is -0.138. The van der Waals surface area contributed by atoms with Gasteiger partial charge in [0.2, 0.25) is 0 Å². The molecule has 1 N–H and O–H groups in total. The average molecular weight is 315 g/mol. The van der Waals surface area contributed by atoms with Gasteiger partial charge in [-0.1, -0.05) is 64.7 Å². The molecule has 0 aromatic carbocycles. The van der Waals surface area contributed by atoms with Crippen LogP contribution in [-0.2, 0) is 4.79 Å². The maximum Gasteiger partial charge on any atom is 0.303 e. The Morgan fingerprint density at radius 1 is 0.952 bits per heavy atom. The van der Waals surface area contributed by atoms with Crippen LogP contribution in [0.5, 0.6) is 0 Å².